The number of hydrogen-bond acceptors (Lipinski definition) is 5. The first kappa shape index (κ1) is 19.6. The zero-order valence-electron chi connectivity index (χ0n) is 15.3. The van der Waals surface area contributed by atoms with Crippen LogP contribution in [0, 0.1) is 15.9 Å². The van der Waals surface area contributed by atoms with Crippen molar-refractivity contribution in [3.8, 4) is 11.5 Å². The van der Waals surface area contributed by atoms with E-state index in [1.807, 2.05) is 0 Å². The lowest BCUT2D eigenvalue weighted by Gasteiger charge is -2.09. The van der Waals surface area contributed by atoms with Crippen molar-refractivity contribution in [2.75, 3.05) is 0 Å². The van der Waals surface area contributed by atoms with Gasteiger partial charge >= 0.3 is 0 Å². The van der Waals surface area contributed by atoms with Crippen molar-refractivity contribution >= 4 is 29.1 Å². The molecule has 0 amide bonds. The number of ether oxygens (including phenoxy) is 2. The van der Waals surface area contributed by atoms with Gasteiger partial charge in [0, 0.05) is 23.8 Å². The summed E-state index contributed by atoms with van der Waals surface area (Å²) in [7, 11) is 0. The molecule has 0 aromatic heterocycles. The molecular weight excluding hydrogens is 413 g/mol. The molecule has 0 unspecified atom stereocenters. The quantitative estimate of drug-likeness (QED) is 0.303. The summed E-state index contributed by atoms with van der Waals surface area (Å²) in [5.41, 5.74) is 0.937. The first-order valence-electron chi connectivity index (χ1n) is 8.81. The minimum absolute atomic E-state index is 0.0415. The first-order chi connectivity index (χ1) is 14.4. The van der Waals surface area contributed by atoms with Crippen LogP contribution in [0.25, 0.3) is 6.08 Å². The maximum absolute atomic E-state index is 13.9. The van der Waals surface area contributed by atoms with Crippen LogP contribution in [0.3, 0.4) is 0 Å². The van der Waals surface area contributed by atoms with Crippen molar-refractivity contribution in [3.63, 3.8) is 0 Å². The summed E-state index contributed by atoms with van der Waals surface area (Å²) in [5.74, 6) is -0.122. The molecule has 0 bridgehead atoms. The van der Waals surface area contributed by atoms with Crippen LogP contribution >= 0.6 is 11.6 Å². The molecule has 4 rings (SSSR count). The van der Waals surface area contributed by atoms with Crippen LogP contribution in [0.5, 0.6) is 11.5 Å². The van der Waals surface area contributed by atoms with Gasteiger partial charge in [0.1, 0.15) is 23.9 Å². The largest absolute Gasteiger partial charge is 0.489 e. The van der Waals surface area contributed by atoms with Crippen LogP contribution < -0.4 is 9.47 Å². The Hall–Kier alpha value is -3.71. The smallest absolute Gasteiger partial charge is 0.270 e. The standard InChI is InChI=1S/C22H13ClFNO5/c23-18-5-2-6-19(24)17(18)12-29-15-7-8-16-20(11-15)30-21(22(16)26)10-13-3-1-4-14(9-13)25(27)28/h1-11H,12H2. The zero-order chi connectivity index (χ0) is 21.3. The third kappa shape index (κ3) is 3.88. The van der Waals surface area contributed by atoms with Crippen molar-refractivity contribution < 1.29 is 23.6 Å². The molecule has 0 saturated heterocycles. The van der Waals surface area contributed by atoms with E-state index >= 15 is 0 Å². The van der Waals surface area contributed by atoms with Gasteiger partial charge in [-0.2, -0.15) is 0 Å². The van der Waals surface area contributed by atoms with Gasteiger partial charge in [-0.25, -0.2) is 4.39 Å². The summed E-state index contributed by atoms with van der Waals surface area (Å²) >= 11 is 6.00. The number of carbonyl (C=O) groups is 1. The monoisotopic (exact) mass is 425 g/mol. The topological polar surface area (TPSA) is 78.7 Å². The summed E-state index contributed by atoms with van der Waals surface area (Å²) in [5, 5.41) is 11.2. The number of allylic oxidation sites excluding steroid dienone is 1. The van der Waals surface area contributed by atoms with Crippen LogP contribution in [0.1, 0.15) is 21.5 Å². The van der Waals surface area contributed by atoms with Gasteiger partial charge in [-0.3, -0.25) is 14.9 Å². The second-order valence-corrected chi connectivity index (χ2v) is 6.85. The number of non-ortho nitro benzene ring substituents is 1. The Balaban J connectivity index is 1.54. The molecule has 0 N–H and O–H groups in total. The molecule has 0 spiro atoms. The van der Waals surface area contributed by atoms with Crippen molar-refractivity contribution in [3.05, 3.63) is 104 Å². The predicted octanol–water partition coefficient (Wildman–Crippen LogP) is 5.58. The molecule has 3 aromatic carbocycles. The maximum atomic E-state index is 13.9. The van der Waals surface area contributed by atoms with Gasteiger partial charge in [-0.05, 0) is 35.9 Å². The van der Waals surface area contributed by atoms with Gasteiger partial charge in [0.05, 0.1) is 15.5 Å². The van der Waals surface area contributed by atoms with Crippen molar-refractivity contribution in [1.82, 2.24) is 0 Å². The number of carbonyl (C=O) groups excluding carboxylic acids is 1. The SMILES string of the molecule is O=C1C(=Cc2cccc([N+](=O)[O-])c2)Oc2cc(OCc3c(F)cccc3Cl)ccc21. The van der Waals surface area contributed by atoms with Crippen LogP contribution in [0.2, 0.25) is 5.02 Å². The molecule has 1 aliphatic heterocycles. The van der Waals surface area contributed by atoms with Gasteiger partial charge in [-0.15, -0.1) is 0 Å². The summed E-state index contributed by atoms with van der Waals surface area (Å²) in [4.78, 5) is 23.0. The molecule has 1 aliphatic rings. The molecular formula is C22H13ClFNO5. The van der Waals surface area contributed by atoms with Gasteiger partial charge < -0.3 is 9.47 Å². The Morgan fingerprint density at radius 3 is 2.70 bits per heavy atom. The van der Waals surface area contributed by atoms with E-state index in [4.69, 9.17) is 21.1 Å². The summed E-state index contributed by atoms with van der Waals surface area (Å²) in [6.45, 7) is -0.0887. The third-order valence-corrected chi connectivity index (χ3v) is 4.82. The molecule has 3 aromatic rings. The van der Waals surface area contributed by atoms with Gasteiger partial charge in [0.25, 0.3) is 5.69 Å². The summed E-state index contributed by atoms with van der Waals surface area (Å²) in [6, 6.07) is 14.9. The van der Waals surface area contributed by atoms with Gasteiger partial charge in [0.2, 0.25) is 5.78 Å². The number of nitro groups is 1. The number of rotatable bonds is 5. The third-order valence-electron chi connectivity index (χ3n) is 4.47. The normalized spacial score (nSPS) is 13.8. The number of benzene rings is 3. The number of halogens is 2. The van der Waals surface area contributed by atoms with Gasteiger partial charge in [-0.1, -0.05) is 29.8 Å². The van der Waals surface area contributed by atoms with E-state index in [1.54, 1.807) is 24.3 Å². The molecule has 0 radical (unpaired) electrons. The maximum Gasteiger partial charge on any atom is 0.270 e. The average molecular weight is 426 g/mol. The van der Waals surface area contributed by atoms with Gasteiger partial charge in [0.15, 0.2) is 5.76 Å². The van der Waals surface area contributed by atoms with Crippen molar-refractivity contribution in [2.45, 2.75) is 6.61 Å². The number of fused-ring (bicyclic) bond motifs is 1. The van der Waals surface area contributed by atoms with E-state index in [1.165, 1.54) is 42.5 Å². The summed E-state index contributed by atoms with van der Waals surface area (Å²) < 4.78 is 25.1. The lowest BCUT2D eigenvalue weighted by molar-refractivity contribution is -0.384. The number of Topliss-reactive ketones (excluding diaryl/α,β-unsaturated/α-hetero) is 1. The Morgan fingerprint density at radius 1 is 1.13 bits per heavy atom. The minimum Gasteiger partial charge on any atom is -0.489 e. The fourth-order valence-corrected chi connectivity index (χ4v) is 3.18. The Kier molecular flexibility index (Phi) is 5.20. The molecule has 0 aliphatic carbocycles. The van der Waals surface area contributed by atoms with E-state index < -0.39 is 10.7 Å². The zero-order valence-corrected chi connectivity index (χ0v) is 16.1. The Bertz CT molecular complexity index is 1190. The van der Waals surface area contributed by atoms with Crippen LogP contribution in [0.4, 0.5) is 10.1 Å². The highest BCUT2D eigenvalue weighted by atomic mass is 35.5. The van der Waals surface area contributed by atoms with E-state index in [-0.39, 0.29) is 40.2 Å². The van der Waals surface area contributed by atoms with E-state index in [2.05, 4.69) is 0 Å². The lowest BCUT2D eigenvalue weighted by Crippen LogP contribution is -1.99. The van der Waals surface area contributed by atoms with Crippen LogP contribution in [-0.2, 0) is 6.61 Å². The molecule has 6 nitrogen and oxygen atoms in total. The second kappa shape index (κ2) is 7.96. The number of nitro benzene ring substituents is 1. The minimum atomic E-state index is -0.514. The molecule has 0 atom stereocenters. The van der Waals surface area contributed by atoms with E-state index in [0.29, 0.717) is 16.9 Å². The highest BCUT2D eigenvalue weighted by molar-refractivity contribution is 6.31. The molecule has 8 heteroatoms. The Labute approximate surface area is 175 Å². The van der Waals surface area contributed by atoms with Crippen molar-refractivity contribution in [2.24, 2.45) is 0 Å². The first-order valence-corrected chi connectivity index (χ1v) is 9.18. The molecule has 0 fully saturated rings. The van der Waals surface area contributed by atoms with Crippen LogP contribution in [-0.4, -0.2) is 10.7 Å². The fourth-order valence-electron chi connectivity index (χ4n) is 2.96. The molecule has 150 valence electrons. The average Bonchev–Trinajstić information content (AvgIpc) is 3.02. The highest BCUT2D eigenvalue weighted by Gasteiger charge is 2.28. The Morgan fingerprint density at radius 2 is 1.93 bits per heavy atom. The highest BCUT2D eigenvalue weighted by Crippen LogP contribution is 2.35. The summed E-state index contributed by atoms with van der Waals surface area (Å²) in [6.07, 6.45) is 1.44. The number of hydrogen-bond donors (Lipinski definition) is 0. The predicted molar refractivity (Wildman–Crippen MR) is 108 cm³/mol. The molecule has 30 heavy (non-hydrogen) atoms. The molecule has 0 saturated carbocycles. The number of nitrogens with zero attached hydrogens (tertiary/aromatic N) is 1. The van der Waals surface area contributed by atoms with E-state index in [0.717, 1.165) is 0 Å². The van der Waals surface area contributed by atoms with Crippen LogP contribution in [0.15, 0.2) is 66.4 Å². The fraction of sp³-hybridized carbons (Fsp3) is 0.0455. The van der Waals surface area contributed by atoms with E-state index in [9.17, 15) is 19.3 Å². The lowest BCUT2D eigenvalue weighted by atomic mass is 10.1. The number of ketones is 1. The van der Waals surface area contributed by atoms with Crippen molar-refractivity contribution in [1.29, 1.82) is 0 Å². The second-order valence-electron chi connectivity index (χ2n) is 6.44. The molecule has 1 heterocycles.